The minimum absolute atomic E-state index is 0.163. The molecule has 17 heavy (non-hydrogen) atoms. The molecular formula is C11H27NO4Si. The normalized spacial score (nSPS) is 13.9. The van der Waals surface area contributed by atoms with Crippen molar-refractivity contribution >= 4 is 8.80 Å². The van der Waals surface area contributed by atoms with Gasteiger partial charge in [0.2, 0.25) is 0 Å². The molecule has 0 aromatic carbocycles. The zero-order valence-electron chi connectivity index (χ0n) is 11.7. The maximum absolute atomic E-state index is 5.85. The van der Waals surface area contributed by atoms with Gasteiger partial charge in [-0.2, -0.15) is 0 Å². The first kappa shape index (κ1) is 17.0. The molecule has 0 amide bonds. The van der Waals surface area contributed by atoms with Crippen molar-refractivity contribution < 1.29 is 18.0 Å². The van der Waals surface area contributed by atoms with Gasteiger partial charge in [-0.3, -0.25) is 0 Å². The van der Waals surface area contributed by atoms with Gasteiger partial charge in [-0.25, -0.2) is 0 Å². The average Bonchev–Trinajstić information content (AvgIpc) is 2.37. The van der Waals surface area contributed by atoms with Crippen molar-refractivity contribution in [3.63, 3.8) is 0 Å². The van der Waals surface area contributed by atoms with Gasteiger partial charge in [0.15, 0.2) is 0 Å². The maximum atomic E-state index is 5.85. The standard InChI is InChI=1S/C11H27NO4Si/c1-6-7-8-9-16-11(10-12-2)17(13-3,14-4)15-5/h11-12H,6-10H2,1-5H3. The third-order valence-corrected chi connectivity index (χ3v) is 5.57. The van der Waals surface area contributed by atoms with E-state index in [1.54, 1.807) is 21.3 Å². The maximum Gasteiger partial charge on any atom is 0.532 e. The second kappa shape index (κ2) is 9.99. The molecule has 5 nitrogen and oxygen atoms in total. The first-order valence-corrected chi connectivity index (χ1v) is 7.92. The third-order valence-electron chi connectivity index (χ3n) is 2.70. The fourth-order valence-electron chi connectivity index (χ4n) is 1.69. The lowest BCUT2D eigenvalue weighted by atomic mass is 10.3. The second-order valence-electron chi connectivity index (χ2n) is 3.84. The van der Waals surface area contributed by atoms with Crippen LogP contribution in [0.3, 0.4) is 0 Å². The Hall–Kier alpha value is 0.0169. The summed E-state index contributed by atoms with van der Waals surface area (Å²) in [5, 5.41) is 3.09. The zero-order chi connectivity index (χ0) is 13.1. The number of rotatable bonds is 11. The quantitative estimate of drug-likeness (QED) is 0.449. The lowest BCUT2D eigenvalue weighted by Gasteiger charge is -2.32. The molecule has 0 radical (unpaired) electrons. The van der Waals surface area contributed by atoms with Crippen LogP contribution < -0.4 is 5.32 Å². The molecule has 1 unspecified atom stereocenters. The molecule has 6 heteroatoms. The molecule has 0 bridgehead atoms. The van der Waals surface area contributed by atoms with Crippen molar-refractivity contribution in [1.82, 2.24) is 5.32 Å². The van der Waals surface area contributed by atoms with E-state index in [0.29, 0.717) is 13.2 Å². The molecule has 0 saturated carbocycles. The van der Waals surface area contributed by atoms with Crippen molar-refractivity contribution in [2.75, 3.05) is 41.5 Å². The first-order valence-electron chi connectivity index (χ1n) is 6.12. The lowest BCUT2D eigenvalue weighted by molar-refractivity contribution is 0.0130. The molecule has 0 fully saturated rings. The molecule has 0 aliphatic carbocycles. The minimum atomic E-state index is -2.71. The predicted molar refractivity (Wildman–Crippen MR) is 70.0 cm³/mol. The van der Waals surface area contributed by atoms with Gasteiger partial charge in [-0.1, -0.05) is 19.8 Å². The van der Waals surface area contributed by atoms with E-state index < -0.39 is 8.80 Å². The van der Waals surface area contributed by atoms with Crippen LogP contribution in [0.5, 0.6) is 0 Å². The van der Waals surface area contributed by atoms with Crippen LogP contribution >= 0.6 is 0 Å². The van der Waals surface area contributed by atoms with Crippen molar-refractivity contribution in [1.29, 1.82) is 0 Å². The Bertz CT molecular complexity index is 171. The molecule has 0 aromatic rings. The molecule has 1 atom stereocenters. The Morgan fingerprint density at radius 3 is 2.06 bits per heavy atom. The summed E-state index contributed by atoms with van der Waals surface area (Å²) >= 11 is 0. The molecule has 0 aliphatic rings. The van der Waals surface area contributed by atoms with Crippen LogP contribution in [0.2, 0.25) is 0 Å². The van der Waals surface area contributed by atoms with E-state index in [4.69, 9.17) is 18.0 Å². The van der Waals surface area contributed by atoms with Gasteiger partial charge in [-0.15, -0.1) is 0 Å². The Kier molecular flexibility index (Phi) is 10.00. The van der Waals surface area contributed by atoms with Gasteiger partial charge in [0, 0.05) is 34.5 Å². The Morgan fingerprint density at radius 1 is 1.06 bits per heavy atom. The lowest BCUT2D eigenvalue weighted by Crippen LogP contribution is -2.58. The van der Waals surface area contributed by atoms with E-state index in [0.717, 1.165) is 6.42 Å². The molecular weight excluding hydrogens is 238 g/mol. The predicted octanol–water partition coefficient (Wildman–Crippen LogP) is 1.20. The average molecular weight is 265 g/mol. The van der Waals surface area contributed by atoms with Crippen molar-refractivity contribution in [3.8, 4) is 0 Å². The summed E-state index contributed by atoms with van der Waals surface area (Å²) in [5.41, 5.74) is -0.163. The van der Waals surface area contributed by atoms with E-state index in [9.17, 15) is 0 Å². The Morgan fingerprint density at radius 2 is 1.65 bits per heavy atom. The van der Waals surface area contributed by atoms with Crippen LogP contribution in [-0.2, 0) is 18.0 Å². The van der Waals surface area contributed by atoms with Crippen molar-refractivity contribution in [2.45, 2.75) is 31.9 Å². The van der Waals surface area contributed by atoms with Gasteiger partial charge in [0.25, 0.3) is 0 Å². The Balaban J connectivity index is 4.35. The monoisotopic (exact) mass is 265 g/mol. The van der Waals surface area contributed by atoms with Crippen LogP contribution in [-0.4, -0.2) is 56.1 Å². The highest BCUT2D eigenvalue weighted by atomic mass is 28.4. The highest BCUT2D eigenvalue weighted by Crippen LogP contribution is 2.15. The summed E-state index contributed by atoms with van der Waals surface area (Å²) in [6, 6.07) is 0. The van der Waals surface area contributed by atoms with Gasteiger partial charge < -0.3 is 23.3 Å². The van der Waals surface area contributed by atoms with E-state index in [-0.39, 0.29) is 5.73 Å². The van der Waals surface area contributed by atoms with Gasteiger partial charge >= 0.3 is 8.80 Å². The summed E-state index contributed by atoms with van der Waals surface area (Å²) in [7, 11) is 3.99. The number of unbranched alkanes of at least 4 members (excludes halogenated alkanes) is 2. The van der Waals surface area contributed by atoms with E-state index in [1.165, 1.54) is 12.8 Å². The Labute approximate surface area is 106 Å². The van der Waals surface area contributed by atoms with Crippen molar-refractivity contribution in [3.05, 3.63) is 0 Å². The van der Waals surface area contributed by atoms with Crippen LogP contribution in [0.15, 0.2) is 0 Å². The number of hydrogen-bond donors (Lipinski definition) is 1. The first-order chi connectivity index (χ1) is 8.20. The summed E-state index contributed by atoms with van der Waals surface area (Å²) in [6.45, 7) is 3.54. The largest absolute Gasteiger partial charge is 0.532 e. The highest BCUT2D eigenvalue weighted by Gasteiger charge is 2.48. The SMILES string of the molecule is CCCCCOC(CNC)[Si](OC)(OC)OC. The number of ether oxygens (including phenoxy) is 1. The molecule has 0 saturated heterocycles. The van der Waals surface area contributed by atoms with Crippen molar-refractivity contribution in [2.24, 2.45) is 0 Å². The van der Waals surface area contributed by atoms with Gasteiger partial charge in [0.05, 0.1) is 0 Å². The molecule has 0 rings (SSSR count). The van der Waals surface area contributed by atoms with Gasteiger partial charge in [0.1, 0.15) is 5.73 Å². The number of hydrogen-bond acceptors (Lipinski definition) is 5. The number of nitrogens with one attached hydrogen (secondary N) is 1. The molecule has 0 heterocycles. The van der Waals surface area contributed by atoms with Crippen LogP contribution in [0, 0.1) is 0 Å². The molecule has 104 valence electrons. The third kappa shape index (κ3) is 5.46. The second-order valence-corrected chi connectivity index (χ2v) is 6.92. The molecule has 1 N–H and O–H groups in total. The number of likely N-dealkylation sites (N-methyl/N-ethyl adjacent to an activating group) is 1. The highest BCUT2D eigenvalue weighted by molar-refractivity contribution is 6.62. The molecule has 0 aromatic heterocycles. The molecule has 0 aliphatic heterocycles. The van der Waals surface area contributed by atoms with Crippen LogP contribution in [0.4, 0.5) is 0 Å². The summed E-state index contributed by atoms with van der Waals surface area (Å²) in [4.78, 5) is 0. The summed E-state index contributed by atoms with van der Waals surface area (Å²) in [6.07, 6.45) is 3.41. The molecule has 0 spiro atoms. The van der Waals surface area contributed by atoms with E-state index >= 15 is 0 Å². The fourth-order valence-corrected chi connectivity index (χ4v) is 3.76. The summed E-state index contributed by atoms with van der Waals surface area (Å²) in [5.74, 6) is 0. The van der Waals surface area contributed by atoms with E-state index in [1.807, 2.05) is 7.05 Å². The smallest absolute Gasteiger partial charge is 0.375 e. The van der Waals surface area contributed by atoms with Gasteiger partial charge in [-0.05, 0) is 13.5 Å². The van der Waals surface area contributed by atoms with E-state index in [2.05, 4.69) is 12.2 Å². The topological polar surface area (TPSA) is 49.0 Å². The fraction of sp³-hybridized carbons (Fsp3) is 1.00. The summed E-state index contributed by atoms with van der Waals surface area (Å²) < 4.78 is 22.2. The minimum Gasteiger partial charge on any atom is -0.375 e. The van der Waals surface area contributed by atoms with Crippen LogP contribution in [0.1, 0.15) is 26.2 Å². The zero-order valence-corrected chi connectivity index (χ0v) is 12.7. The van der Waals surface area contributed by atoms with Crippen LogP contribution in [0.25, 0.3) is 0 Å².